The fourth-order valence-electron chi connectivity index (χ4n) is 3.14. The monoisotopic (exact) mass is 341 g/mol. The van der Waals surface area contributed by atoms with Gasteiger partial charge in [-0.3, -0.25) is 4.79 Å². The fraction of sp³-hybridized carbons (Fsp3) is 0.350. The highest BCUT2D eigenvalue weighted by Gasteiger charge is 2.28. The standard InChI is InChI=1S/C20H23NO4/c1-4-24-18-10-16-15(13-6-8-14(23-3)9-7-13)11-20(22)21-17(16)12-19(18)25-5-2/h6-10,12,15H,4-5,11H2,1-3H3,(H,21,22)/t15-/m1/s1. The minimum absolute atomic E-state index is 0.0000681. The third-order valence-corrected chi connectivity index (χ3v) is 4.27. The second-order valence-electron chi connectivity index (χ2n) is 5.83. The van der Waals surface area contributed by atoms with Crippen molar-refractivity contribution in [1.29, 1.82) is 0 Å². The van der Waals surface area contributed by atoms with E-state index in [9.17, 15) is 4.79 Å². The first-order chi connectivity index (χ1) is 12.2. The van der Waals surface area contributed by atoms with E-state index in [1.807, 2.05) is 50.2 Å². The molecule has 0 spiro atoms. The number of amides is 1. The molecule has 2 aromatic carbocycles. The van der Waals surface area contributed by atoms with Crippen LogP contribution in [0.2, 0.25) is 0 Å². The number of fused-ring (bicyclic) bond motifs is 1. The van der Waals surface area contributed by atoms with Crippen LogP contribution in [-0.2, 0) is 4.79 Å². The van der Waals surface area contributed by atoms with Crippen molar-refractivity contribution < 1.29 is 19.0 Å². The largest absolute Gasteiger partial charge is 0.497 e. The zero-order valence-electron chi connectivity index (χ0n) is 14.8. The average molecular weight is 341 g/mol. The number of carbonyl (C=O) groups excluding carboxylic acids is 1. The van der Waals surface area contributed by atoms with Gasteiger partial charge < -0.3 is 19.5 Å². The van der Waals surface area contributed by atoms with Crippen LogP contribution in [0.1, 0.15) is 37.3 Å². The molecular formula is C20H23NO4. The van der Waals surface area contributed by atoms with Gasteiger partial charge in [0.25, 0.3) is 0 Å². The van der Waals surface area contributed by atoms with Gasteiger partial charge >= 0.3 is 0 Å². The molecule has 0 aliphatic carbocycles. The Bertz CT molecular complexity index is 755. The minimum Gasteiger partial charge on any atom is -0.497 e. The van der Waals surface area contributed by atoms with Crippen LogP contribution in [0.15, 0.2) is 36.4 Å². The molecular weight excluding hydrogens is 318 g/mol. The predicted molar refractivity (Wildman–Crippen MR) is 96.9 cm³/mol. The van der Waals surface area contributed by atoms with Crippen LogP contribution in [-0.4, -0.2) is 26.2 Å². The van der Waals surface area contributed by atoms with E-state index >= 15 is 0 Å². The lowest BCUT2D eigenvalue weighted by atomic mass is 9.84. The molecule has 1 amide bonds. The Morgan fingerprint density at radius 3 is 2.28 bits per heavy atom. The highest BCUT2D eigenvalue weighted by atomic mass is 16.5. The molecule has 0 saturated heterocycles. The minimum atomic E-state index is -0.0236. The SMILES string of the molecule is CCOc1cc2c(cc1OCC)[C@@H](c1ccc(OC)cc1)CC(=O)N2. The highest BCUT2D eigenvalue weighted by Crippen LogP contribution is 2.43. The van der Waals surface area contributed by atoms with E-state index < -0.39 is 0 Å². The van der Waals surface area contributed by atoms with Crippen molar-refractivity contribution in [2.24, 2.45) is 0 Å². The zero-order chi connectivity index (χ0) is 17.8. The quantitative estimate of drug-likeness (QED) is 0.864. The van der Waals surface area contributed by atoms with Crippen molar-refractivity contribution in [3.63, 3.8) is 0 Å². The van der Waals surface area contributed by atoms with Crippen LogP contribution in [0.5, 0.6) is 17.2 Å². The Labute approximate surface area is 147 Å². The Hall–Kier alpha value is -2.69. The number of hydrogen-bond acceptors (Lipinski definition) is 4. The highest BCUT2D eigenvalue weighted by molar-refractivity contribution is 5.96. The first kappa shape index (κ1) is 17.1. The van der Waals surface area contributed by atoms with Crippen LogP contribution in [0.25, 0.3) is 0 Å². The van der Waals surface area contributed by atoms with Crippen LogP contribution in [0.4, 0.5) is 5.69 Å². The van der Waals surface area contributed by atoms with Gasteiger partial charge in [-0.15, -0.1) is 0 Å². The summed E-state index contributed by atoms with van der Waals surface area (Å²) in [7, 11) is 1.64. The molecule has 0 unspecified atom stereocenters. The Balaban J connectivity index is 2.05. The summed E-state index contributed by atoms with van der Waals surface area (Å²) in [5, 5.41) is 2.95. The van der Waals surface area contributed by atoms with Crippen LogP contribution >= 0.6 is 0 Å². The van der Waals surface area contributed by atoms with Crippen molar-refractivity contribution in [2.45, 2.75) is 26.2 Å². The van der Waals surface area contributed by atoms with Crippen LogP contribution in [0.3, 0.4) is 0 Å². The molecule has 0 radical (unpaired) electrons. The maximum Gasteiger partial charge on any atom is 0.225 e. The molecule has 0 saturated carbocycles. The van der Waals surface area contributed by atoms with Gasteiger partial charge in [0.15, 0.2) is 11.5 Å². The van der Waals surface area contributed by atoms with E-state index in [0.29, 0.717) is 31.1 Å². The lowest BCUT2D eigenvalue weighted by Crippen LogP contribution is -2.23. The van der Waals surface area contributed by atoms with Gasteiger partial charge in [-0.1, -0.05) is 12.1 Å². The summed E-state index contributed by atoms with van der Waals surface area (Å²) < 4.78 is 16.6. The van der Waals surface area contributed by atoms with Crippen molar-refractivity contribution in [1.82, 2.24) is 0 Å². The number of benzene rings is 2. The Morgan fingerprint density at radius 1 is 1.04 bits per heavy atom. The molecule has 5 nitrogen and oxygen atoms in total. The van der Waals surface area contributed by atoms with E-state index in [2.05, 4.69) is 5.32 Å². The van der Waals surface area contributed by atoms with Crippen LogP contribution in [0, 0.1) is 0 Å². The van der Waals surface area contributed by atoms with E-state index in [1.165, 1.54) is 0 Å². The smallest absolute Gasteiger partial charge is 0.225 e. The molecule has 2 aromatic rings. The second kappa shape index (κ2) is 7.47. The van der Waals surface area contributed by atoms with E-state index in [0.717, 1.165) is 22.6 Å². The van der Waals surface area contributed by atoms with E-state index in [1.54, 1.807) is 7.11 Å². The molecule has 0 bridgehead atoms. The summed E-state index contributed by atoms with van der Waals surface area (Å²) >= 11 is 0. The normalized spacial score (nSPS) is 16.0. The van der Waals surface area contributed by atoms with Gasteiger partial charge in [-0.05, 0) is 43.2 Å². The van der Waals surface area contributed by atoms with E-state index in [-0.39, 0.29) is 11.8 Å². The fourth-order valence-corrected chi connectivity index (χ4v) is 3.14. The summed E-state index contributed by atoms with van der Waals surface area (Å²) in [4.78, 5) is 12.2. The third-order valence-electron chi connectivity index (χ3n) is 4.27. The average Bonchev–Trinajstić information content (AvgIpc) is 2.62. The number of anilines is 1. The number of rotatable bonds is 6. The molecule has 1 heterocycles. The molecule has 1 N–H and O–H groups in total. The van der Waals surface area contributed by atoms with Crippen molar-refractivity contribution >= 4 is 11.6 Å². The maximum atomic E-state index is 12.2. The van der Waals surface area contributed by atoms with Crippen molar-refractivity contribution in [3.05, 3.63) is 47.5 Å². The number of carbonyl (C=O) groups is 1. The third kappa shape index (κ3) is 3.55. The van der Waals surface area contributed by atoms with Crippen molar-refractivity contribution in [3.8, 4) is 17.2 Å². The summed E-state index contributed by atoms with van der Waals surface area (Å²) in [6.07, 6.45) is 0.402. The molecule has 3 rings (SSSR count). The van der Waals surface area contributed by atoms with Gasteiger partial charge in [0.1, 0.15) is 5.75 Å². The Morgan fingerprint density at radius 2 is 1.68 bits per heavy atom. The Kier molecular flexibility index (Phi) is 5.12. The summed E-state index contributed by atoms with van der Waals surface area (Å²) in [6.45, 7) is 4.96. The number of nitrogens with one attached hydrogen (secondary N) is 1. The lowest BCUT2D eigenvalue weighted by molar-refractivity contribution is -0.116. The molecule has 1 atom stereocenters. The van der Waals surface area contributed by atoms with Gasteiger partial charge in [0.05, 0.1) is 20.3 Å². The molecule has 5 heteroatoms. The molecule has 1 aliphatic heterocycles. The lowest BCUT2D eigenvalue weighted by Gasteiger charge is -2.27. The van der Waals surface area contributed by atoms with Crippen molar-refractivity contribution in [2.75, 3.05) is 25.6 Å². The van der Waals surface area contributed by atoms with E-state index in [4.69, 9.17) is 14.2 Å². The van der Waals surface area contributed by atoms with Gasteiger partial charge in [-0.25, -0.2) is 0 Å². The summed E-state index contributed by atoms with van der Waals surface area (Å²) in [6, 6.07) is 11.7. The van der Waals surface area contributed by atoms with Crippen LogP contribution < -0.4 is 19.5 Å². The van der Waals surface area contributed by atoms with Gasteiger partial charge in [-0.2, -0.15) is 0 Å². The molecule has 132 valence electrons. The first-order valence-electron chi connectivity index (χ1n) is 8.53. The molecule has 0 aromatic heterocycles. The zero-order valence-corrected chi connectivity index (χ0v) is 14.8. The second-order valence-corrected chi connectivity index (χ2v) is 5.83. The number of ether oxygens (including phenoxy) is 3. The number of hydrogen-bond donors (Lipinski definition) is 1. The molecule has 1 aliphatic rings. The van der Waals surface area contributed by atoms with Gasteiger partial charge in [0.2, 0.25) is 5.91 Å². The molecule has 0 fully saturated rings. The van der Waals surface area contributed by atoms with Gasteiger partial charge in [0, 0.05) is 24.1 Å². The topological polar surface area (TPSA) is 56.8 Å². The molecule has 25 heavy (non-hydrogen) atoms. The maximum absolute atomic E-state index is 12.2. The number of methoxy groups -OCH3 is 1. The summed E-state index contributed by atoms with van der Waals surface area (Å²) in [5.74, 6) is 2.13. The first-order valence-corrected chi connectivity index (χ1v) is 8.53. The predicted octanol–water partition coefficient (Wildman–Crippen LogP) is 3.97. The summed E-state index contributed by atoms with van der Waals surface area (Å²) in [5.41, 5.74) is 2.89.